The molecule has 4 heteroatoms. The van der Waals surface area contributed by atoms with Crippen LogP contribution in [0.5, 0.6) is 0 Å². The van der Waals surface area contributed by atoms with Crippen LogP contribution in [0.3, 0.4) is 0 Å². The Bertz CT molecular complexity index is 402. The van der Waals surface area contributed by atoms with E-state index >= 15 is 0 Å². The van der Waals surface area contributed by atoms with Gasteiger partial charge in [-0.05, 0) is 31.0 Å². The van der Waals surface area contributed by atoms with E-state index in [1.807, 2.05) is 18.2 Å². The molecule has 0 aliphatic rings. The summed E-state index contributed by atoms with van der Waals surface area (Å²) in [6.45, 7) is 4.36. The van der Waals surface area contributed by atoms with Crippen molar-refractivity contribution in [3.8, 4) is 0 Å². The molecule has 0 spiro atoms. The predicted molar refractivity (Wildman–Crippen MR) is 80.1 cm³/mol. The molecular weight excluding hydrogens is 252 g/mol. The molecule has 2 nitrogen and oxygen atoms in total. The zero-order valence-electron chi connectivity index (χ0n) is 10.5. The van der Waals surface area contributed by atoms with Crippen LogP contribution in [0.25, 0.3) is 0 Å². The summed E-state index contributed by atoms with van der Waals surface area (Å²) in [7, 11) is 2.07. The Balaban J connectivity index is 3.03. The summed E-state index contributed by atoms with van der Waals surface area (Å²) in [6, 6.07) is 6.23. The second-order valence-corrected chi connectivity index (χ2v) is 4.96. The lowest BCUT2D eigenvalue weighted by Crippen LogP contribution is -2.30. The quantitative estimate of drug-likeness (QED) is 0.829. The molecule has 2 N–H and O–H groups in total. The van der Waals surface area contributed by atoms with Crippen LogP contribution in [-0.4, -0.2) is 18.1 Å². The van der Waals surface area contributed by atoms with Crippen molar-refractivity contribution in [3.05, 3.63) is 28.8 Å². The van der Waals surface area contributed by atoms with Gasteiger partial charge < -0.3 is 10.6 Å². The number of rotatable bonds is 5. The maximum absolute atomic E-state index is 6.27. The zero-order chi connectivity index (χ0) is 13.0. The van der Waals surface area contributed by atoms with Gasteiger partial charge in [-0.2, -0.15) is 0 Å². The van der Waals surface area contributed by atoms with E-state index in [9.17, 15) is 0 Å². The molecule has 0 aliphatic carbocycles. The van der Waals surface area contributed by atoms with Gasteiger partial charge in [-0.3, -0.25) is 0 Å². The highest BCUT2D eigenvalue weighted by molar-refractivity contribution is 7.80. The van der Waals surface area contributed by atoms with E-state index in [4.69, 9.17) is 29.6 Å². The molecule has 0 saturated heterocycles. The number of benzene rings is 1. The molecular formula is C13H19ClN2S. The molecule has 1 aromatic carbocycles. The molecule has 0 aliphatic heterocycles. The molecule has 17 heavy (non-hydrogen) atoms. The predicted octanol–water partition coefficient (Wildman–Crippen LogP) is 3.60. The molecule has 0 radical (unpaired) electrons. The third kappa shape index (κ3) is 3.33. The van der Waals surface area contributed by atoms with Crippen molar-refractivity contribution in [1.82, 2.24) is 0 Å². The Kier molecular flexibility index (Phi) is 5.22. The van der Waals surface area contributed by atoms with Crippen LogP contribution < -0.4 is 10.6 Å². The van der Waals surface area contributed by atoms with Crippen LogP contribution in [0.4, 0.5) is 5.69 Å². The Morgan fingerprint density at radius 2 is 2.00 bits per heavy atom. The minimum atomic E-state index is 0.378. The van der Waals surface area contributed by atoms with E-state index in [-0.39, 0.29) is 0 Å². The van der Waals surface area contributed by atoms with Gasteiger partial charge in [-0.25, -0.2) is 0 Å². The first-order chi connectivity index (χ1) is 8.01. The highest BCUT2D eigenvalue weighted by atomic mass is 35.5. The lowest BCUT2D eigenvalue weighted by Gasteiger charge is -2.29. The number of hydrogen-bond acceptors (Lipinski definition) is 2. The molecule has 0 unspecified atom stereocenters. The maximum Gasteiger partial charge on any atom is 0.104 e. The Labute approximate surface area is 114 Å². The Morgan fingerprint density at radius 3 is 2.41 bits per heavy atom. The first-order valence-corrected chi connectivity index (χ1v) is 6.62. The Hall–Kier alpha value is -0.800. The normalized spacial score (nSPS) is 10.6. The number of thiocarbonyl (C=S) groups is 1. The minimum Gasteiger partial charge on any atom is -0.389 e. The molecule has 1 rings (SSSR count). The highest BCUT2D eigenvalue weighted by Gasteiger charge is 2.14. The largest absolute Gasteiger partial charge is 0.389 e. The van der Waals surface area contributed by atoms with Crippen molar-refractivity contribution in [3.63, 3.8) is 0 Å². The van der Waals surface area contributed by atoms with E-state index in [1.54, 1.807) is 0 Å². The van der Waals surface area contributed by atoms with Gasteiger partial charge in [0.1, 0.15) is 4.99 Å². The fraction of sp³-hybridized carbons (Fsp3) is 0.462. The number of halogens is 1. The molecule has 0 atom stereocenters. The maximum atomic E-state index is 6.27. The molecule has 0 fully saturated rings. The van der Waals surface area contributed by atoms with Gasteiger partial charge >= 0.3 is 0 Å². The Morgan fingerprint density at radius 1 is 1.41 bits per heavy atom. The van der Waals surface area contributed by atoms with Crippen LogP contribution in [-0.2, 0) is 0 Å². The average Bonchev–Trinajstić information content (AvgIpc) is 2.30. The molecule has 0 amide bonds. The van der Waals surface area contributed by atoms with E-state index in [2.05, 4.69) is 25.8 Å². The monoisotopic (exact) mass is 270 g/mol. The third-order valence-corrected chi connectivity index (χ3v) is 3.64. The number of anilines is 1. The standard InChI is InChI=1S/C13H19ClN2S/c1-4-10(5-2)16(3)12-7-6-9(13(15)17)8-11(12)14/h6-8,10H,4-5H2,1-3H3,(H2,15,17). The molecule has 0 heterocycles. The second kappa shape index (κ2) is 6.22. The molecule has 1 aromatic rings. The average molecular weight is 271 g/mol. The fourth-order valence-electron chi connectivity index (χ4n) is 1.98. The van der Waals surface area contributed by atoms with Gasteiger partial charge in [0.25, 0.3) is 0 Å². The third-order valence-electron chi connectivity index (χ3n) is 3.10. The van der Waals surface area contributed by atoms with Gasteiger partial charge in [0.05, 0.1) is 10.7 Å². The SMILES string of the molecule is CCC(CC)N(C)c1ccc(C(N)=S)cc1Cl. The summed E-state index contributed by atoms with van der Waals surface area (Å²) in [5, 5.41) is 0.699. The van der Waals surface area contributed by atoms with E-state index in [1.165, 1.54) is 0 Å². The van der Waals surface area contributed by atoms with Gasteiger partial charge in [-0.15, -0.1) is 0 Å². The summed E-state index contributed by atoms with van der Waals surface area (Å²) < 4.78 is 0. The van der Waals surface area contributed by atoms with Crippen molar-refractivity contribution >= 4 is 34.5 Å². The summed E-state index contributed by atoms with van der Waals surface area (Å²) >= 11 is 11.2. The lowest BCUT2D eigenvalue weighted by atomic mass is 10.1. The smallest absolute Gasteiger partial charge is 0.104 e. The summed E-state index contributed by atoms with van der Waals surface area (Å²) in [5.74, 6) is 0. The van der Waals surface area contributed by atoms with E-state index in [0.717, 1.165) is 24.1 Å². The van der Waals surface area contributed by atoms with Crippen LogP contribution in [0.1, 0.15) is 32.3 Å². The molecule has 94 valence electrons. The van der Waals surface area contributed by atoms with Crippen molar-refractivity contribution in [2.75, 3.05) is 11.9 Å². The highest BCUT2D eigenvalue weighted by Crippen LogP contribution is 2.28. The van der Waals surface area contributed by atoms with Crippen molar-refractivity contribution in [1.29, 1.82) is 0 Å². The van der Waals surface area contributed by atoms with Crippen molar-refractivity contribution in [2.45, 2.75) is 32.7 Å². The number of nitrogens with zero attached hydrogens (tertiary/aromatic N) is 1. The van der Waals surface area contributed by atoms with Crippen molar-refractivity contribution in [2.24, 2.45) is 5.73 Å². The first-order valence-electron chi connectivity index (χ1n) is 5.83. The fourth-order valence-corrected chi connectivity index (χ4v) is 2.42. The van der Waals surface area contributed by atoms with Crippen LogP contribution >= 0.6 is 23.8 Å². The van der Waals surface area contributed by atoms with Crippen molar-refractivity contribution < 1.29 is 0 Å². The van der Waals surface area contributed by atoms with Crippen LogP contribution in [0, 0.1) is 0 Å². The molecule has 0 saturated carbocycles. The minimum absolute atomic E-state index is 0.378. The summed E-state index contributed by atoms with van der Waals surface area (Å²) in [5.41, 5.74) is 7.42. The second-order valence-electron chi connectivity index (χ2n) is 4.11. The van der Waals surface area contributed by atoms with E-state index < -0.39 is 0 Å². The summed E-state index contributed by atoms with van der Waals surface area (Å²) in [4.78, 5) is 2.59. The molecule has 0 aromatic heterocycles. The van der Waals surface area contributed by atoms with Gasteiger partial charge in [0, 0.05) is 18.7 Å². The molecule has 0 bridgehead atoms. The number of nitrogens with two attached hydrogens (primary N) is 1. The van der Waals surface area contributed by atoms with Crippen LogP contribution in [0.2, 0.25) is 5.02 Å². The topological polar surface area (TPSA) is 29.3 Å². The number of hydrogen-bond donors (Lipinski definition) is 1. The van der Waals surface area contributed by atoms with Gasteiger partial charge in [0.2, 0.25) is 0 Å². The van der Waals surface area contributed by atoms with Gasteiger partial charge in [-0.1, -0.05) is 37.7 Å². The van der Waals surface area contributed by atoms with Gasteiger partial charge in [0.15, 0.2) is 0 Å². The summed E-state index contributed by atoms with van der Waals surface area (Å²) in [6.07, 6.45) is 2.20. The first kappa shape index (κ1) is 14.3. The van der Waals surface area contributed by atoms with Crippen LogP contribution in [0.15, 0.2) is 18.2 Å². The van der Waals surface area contributed by atoms with E-state index in [0.29, 0.717) is 16.1 Å². The zero-order valence-corrected chi connectivity index (χ0v) is 12.1. The lowest BCUT2D eigenvalue weighted by molar-refractivity contribution is 0.592.